The van der Waals surface area contributed by atoms with Gasteiger partial charge in [-0.15, -0.1) is 11.3 Å². The zero-order chi connectivity index (χ0) is 14.7. The number of rotatable bonds is 6. The van der Waals surface area contributed by atoms with E-state index < -0.39 is 0 Å². The molecular weight excluding hydrogens is 308 g/mol. The first-order chi connectivity index (χ1) is 10.2. The molecule has 112 valence electrons. The summed E-state index contributed by atoms with van der Waals surface area (Å²) >= 11 is 7.76. The molecule has 0 bridgehead atoms. The van der Waals surface area contributed by atoms with E-state index in [1.54, 1.807) is 0 Å². The highest BCUT2D eigenvalue weighted by molar-refractivity contribution is 7.12. The second kappa shape index (κ2) is 6.58. The molecule has 7 heteroatoms. The van der Waals surface area contributed by atoms with Gasteiger partial charge in [-0.05, 0) is 48.9 Å². The van der Waals surface area contributed by atoms with E-state index in [0.29, 0.717) is 19.1 Å². The van der Waals surface area contributed by atoms with Crippen molar-refractivity contribution in [2.45, 2.75) is 39.2 Å². The summed E-state index contributed by atoms with van der Waals surface area (Å²) < 4.78 is 5.39. The van der Waals surface area contributed by atoms with Crippen molar-refractivity contribution in [2.75, 3.05) is 11.9 Å². The van der Waals surface area contributed by atoms with Gasteiger partial charge in [-0.2, -0.15) is 15.0 Å². The van der Waals surface area contributed by atoms with Crippen molar-refractivity contribution in [3.8, 4) is 6.01 Å². The normalized spacial score (nSPS) is 13.2. The molecule has 2 heterocycles. The number of aromatic nitrogens is 3. The third-order valence-electron chi connectivity index (χ3n) is 3.24. The summed E-state index contributed by atoms with van der Waals surface area (Å²) in [5.74, 6) is 0.453. The Morgan fingerprint density at radius 2 is 2.24 bits per heavy atom. The third-order valence-corrected chi connectivity index (χ3v) is 4.65. The van der Waals surface area contributed by atoms with Crippen LogP contribution in [0.1, 0.15) is 35.1 Å². The van der Waals surface area contributed by atoms with E-state index >= 15 is 0 Å². The van der Waals surface area contributed by atoms with Crippen LogP contribution in [0.25, 0.3) is 0 Å². The second-order valence-electron chi connectivity index (χ2n) is 4.93. The van der Waals surface area contributed by atoms with E-state index in [4.69, 9.17) is 16.3 Å². The number of nitrogens with one attached hydrogen (secondary N) is 1. The van der Waals surface area contributed by atoms with Crippen LogP contribution in [0.4, 0.5) is 5.95 Å². The van der Waals surface area contributed by atoms with Crippen molar-refractivity contribution in [2.24, 2.45) is 0 Å². The lowest BCUT2D eigenvalue weighted by Gasteiger charge is -2.06. The van der Waals surface area contributed by atoms with E-state index in [0.717, 1.165) is 6.42 Å². The Balaban J connectivity index is 1.65. The molecule has 3 rings (SSSR count). The van der Waals surface area contributed by atoms with Crippen LogP contribution in [0, 0.1) is 0 Å². The molecule has 2 aromatic rings. The molecular formula is C14H17ClN4OS. The average molecular weight is 325 g/mol. The second-order valence-corrected chi connectivity index (χ2v) is 6.49. The summed E-state index contributed by atoms with van der Waals surface area (Å²) in [6.45, 7) is 3.29. The minimum absolute atomic E-state index is 0.146. The highest BCUT2D eigenvalue weighted by atomic mass is 35.5. The first-order valence-electron chi connectivity index (χ1n) is 7.13. The van der Waals surface area contributed by atoms with Crippen LogP contribution in [0.5, 0.6) is 6.01 Å². The largest absolute Gasteiger partial charge is 0.463 e. The predicted molar refractivity (Wildman–Crippen MR) is 84.3 cm³/mol. The van der Waals surface area contributed by atoms with Crippen LogP contribution in [0.2, 0.25) is 5.28 Å². The zero-order valence-corrected chi connectivity index (χ0v) is 13.4. The summed E-state index contributed by atoms with van der Waals surface area (Å²) in [5, 5.41) is 3.34. The van der Waals surface area contributed by atoms with E-state index in [1.165, 1.54) is 34.6 Å². The Bertz CT molecular complexity index is 610. The van der Waals surface area contributed by atoms with Gasteiger partial charge in [0.2, 0.25) is 11.2 Å². The van der Waals surface area contributed by atoms with Crippen molar-refractivity contribution in [1.82, 2.24) is 15.0 Å². The maximum atomic E-state index is 5.89. The fraction of sp³-hybridized carbons (Fsp3) is 0.500. The quantitative estimate of drug-likeness (QED) is 0.881. The van der Waals surface area contributed by atoms with Crippen LogP contribution in [-0.4, -0.2) is 21.6 Å². The first-order valence-corrected chi connectivity index (χ1v) is 8.32. The maximum Gasteiger partial charge on any atom is 0.322 e. The Kier molecular flexibility index (Phi) is 4.55. The van der Waals surface area contributed by atoms with Gasteiger partial charge in [0.1, 0.15) is 0 Å². The molecule has 1 aliphatic carbocycles. The van der Waals surface area contributed by atoms with Crippen molar-refractivity contribution in [1.29, 1.82) is 0 Å². The van der Waals surface area contributed by atoms with Crippen LogP contribution < -0.4 is 10.1 Å². The van der Waals surface area contributed by atoms with E-state index in [-0.39, 0.29) is 11.3 Å². The molecule has 0 spiro atoms. The summed E-state index contributed by atoms with van der Waals surface area (Å²) in [5.41, 5.74) is 1.50. The van der Waals surface area contributed by atoms with Crippen molar-refractivity contribution >= 4 is 28.9 Å². The molecule has 0 unspecified atom stereocenters. The molecule has 2 aromatic heterocycles. The summed E-state index contributed by atoms with van der Waals surface area (Å²) in [4.78, 5) is 15.1. The molecule has 0 amide bonds. The summed E-state index contributed by atoms with van der Waals surface area (Å²) in [7, 11) is 0. The van der Waals surface area contributed by atoms with Crippen LogP contribution in [0.15, 0.2) is 6.07 Å². The minimum atomic E-state index is 0.146. The lowest BCUT2D eigenvalue weighted by atomic mass is 10.2. The highest BCUT2D eigenvalue weighted by Crippen LogP contribution is 2.30. The number of hydrogen-bond donors (Lipinski definition) is 1. The number of nitrogens with zero attached hydrogens (tertiary/aromatic N) is 3. The Morgan fingerprint density at radius 1 is 1.33 bits per heavy atom. The topological polar surface area (TPSA) is 59.9 Å². The van der Waals surface area contributed by atoms with Gasteiger partial charge >= 0.3 is 6.01 Å². The smallest absolute Gasteiger partial charge is 0.322 e. The Morgan fingerprint density at radius 3 is 3.05 bits per heavy atom. The van der Waals surface area contributed by atoms with Crippen LogP contribution in [0.3, 0.4) is 0 Å². The zero-order valence-electron chi connectivity index (χ0n) is 11.9. The van der Waals surface area contributed by atoms with Crippen molar-refractivity contribution in [3.63, 3.8) is 0 Å². The maximum absolute atomic E-state index is 5.89. The van der Waals surface area contributed by atoms with Gasteiger partial charge in [0.05, 0.1) is 13.2 Å². The number of fused-ring (bicyclic) bond motifs is 1. The molecule has 1 N–H and O–H groups in total. The number of ether oxygens (including phenoxy) is 1. The predicted octanol–water partition coefficient (Wildman–Crippen LogP) is 3.48. The molecule has 0 aliphatic heterocycles. The third kappa shape index (κ3) is 3.63. The van der Waals surface area contributed by atoms with Gasteiger partial charge < -0.3 is 10.1 Å². The minimum Gasteiger partial charge on any atom is -0.463 e. The SMILES string of the molecule is CCCOc1nc(Cl)nc(NCc2cc3c(s2)CCC3)n1. The molecule has 0 saturated heterocycles. The van der Waals surface area contributed by atoms with Gasteiger partial charge in [-0.1, -0.05) is 6.92 Å². The summed E-state index contributed by atoms with van der Waals surface area (Å²) in [6, 6.07) is 2.55. The lowest BCUT2D eigenvalue weighted by molar-refractivity contribution is 0.291. The fourth-order valence-electron chi connectivity index (χ4n) is 2.31. The number of aryl methyl sites for hydroxylation is 2. The van der Waals surface area contributed by atoms with E-state index in [9.17, 15) is 0 Å². The van der Waals surface area contributed by atoms with E-state index in [2.05, 4.69) is 26.3 Å². The van der Waals surface area contributed by atoms with Crippen molar-refractivity contribution < 1.29 is 4.74 Å². The highest BCUT2D eigenvalue weighted by Gasteiger charge is 2.15. The summed E-state index contributed by atoms with van der Waals surface area (Å²) in [6.07, 6.45) is 4.61. The van der Waals surface area contributed by atoms with Gasteiger partial charge in [0, 0.05) is 9.75 Å². The van der Waals surface area contributed by atoms with Crippen LogP contribution in [-0.2, 0) is 19.4 Å². The number of anilines is 1. The standard InChI is InChI=1S/C14H17ClN4OS/c1-2-6-20-14-18-12(15)17-13(19-14)16-8-10-7-9-4-3-5-11(9)21-10/h7H,2-6,8H2,1H3,(H,16,17,18,19). The first kappa shape index (κ1) is 14.5. The molecule has 0 aromatic carbocycles. The number of thiophene rings is 1. The monoisotopic (exact) mass is 324 g/mol. The Labute approximate surface area is 132 Å². The molecule has 0 saturated carbocycles. The van der Waals surface area contributed by atoms with Gasteiger partial charge in [-0.25, -0.2) is 0 Å². The molecule has 5 nitrogen and oxygen atoms in total. The molecule has 0 fully saturated rings. The molecule has 0 radical (unpaired) electrons. The van der Waals surface area contributed by atoms with Gasteiger partial charge in [0.25, 0.3) is 0 Å². The molecule has 21 heavy (non-hydrogen) atoms. The fourth-order valence-corrected chi connectivity index (χ4v) is 3.67. The van der Waals surface area contributed by atoms with Crippen molar-refractivity contribution in [3.05, 3.63) is 26.7 Å². The Hall–Kier alpha value is -1.40. The van der Waals surface area contributed by atoms with Gasteiger partial charge in [0.15, 0.2) is 0 Å². The lowest BCUT2D eigenvalue weighted by Crippen LogP contribution is -2.07. The molecule has 1 aliphatic rings. The number of hydrogen-bond acceptors (Lipinski definition) is 6. The average Bonchev–Trinajstić information content (AvgIpc) is 3.03. The van der Waals surface area contributed by atoms with E-state index in [1.807, 2.05) is 18.3 Å². The number of halogens is 1. The molecule has 0 atom stereocenters. The van der Waals surface area contributed by atoms with Crippen LogP contribution >= 0.6 is 22.9 Å². The van der Waals surface area contributed by atoms with Gasteiger partial charge in [-0.3, -0.25) is 0 Å².